The van der Waals surface area contributed by atoms with Crippen LogP contribution in [-0.2, 0) is 14.3 Å². The molecule has 0 bridgehead atoms. The lowest BCUT2D eigenvalue weighted by atomic mass is 9.99. The van der Waals surface area contributed by atoms with Crippen molar-refractivity contribution in [2.75, 3.05) is 23.3 Å². The van der Waals surface area contributed by atoms with Crippen LogP contribution >= 0.6 is 22.9 Å². The van der Waals surface area contributed by atoms with Crippen molar-refractivity contribution in [3.8, 4) is 11.8 Å². The van der Waals surface area contributed by atoms with Crippen molar-refractivity contribution >= 4 is 74.8 Å². The van der Waals surface area contributed by atoms with Gasteiger partial charge in [0.2, 0.25) is 17.7 Å². The molecular formula is C38H43ClN8O5S. The Hall–Kier alpha value is -5.52. The second-order valence-electron chi connectivity index (χ2n) is 13.3. The van der Waals surface area contributed by atoms with Crippen LogP contribution in [0.3, 0.4) is 0 Å². The monoisotopic (exact) mass is 758 g/mol. The number of hydrogen-bond acceptors (Lipinski definition) is 9. The zero-order chi connectivity index (χ0) is 39.0. The summed E-state index contributed by atoms with van der Waals surface area (Å²) in [5, 5.41) is 26.9. The number of alkyl carbamates (subject to hydrolysis) is 1. The van der Waals surface area contributed by atoms with Crippen LogP contribution in [0.4, 0.5) is 15.5 Å². The lowest BCUT2D eigenvalue weighted by molar-refractivity contribution is -0.121. The Morgan fingerprint density at radius 3 is 2.42 bits per heavy atom. The molecule has 1 atom stereocenters. The number of hydrogen-bond donors (Lipinski definition) is 6. The highest BCUT2D eigenvalue weighted by Gasteiger charge is 2.34. The minimum atomic E-state index is -0.877. The average molecular weight is 759 g/mol. The standard InChI is InChI=1S/C38H43ClN8O5S/c1-21-22(2)53-36-32(21)33(24-11-13-26(39)14-12-24)46-29(34(41)47(36)23(3)40)20-31(49)43-17-8-10-30(48)45-27-15-16-28(35(42)50)25(19-27)9-7-18-44-37(51)52-38(4,5)6/h11-16,19,29,40-41H,8,10,17-18,20H2,1-6H3,(H2,42,50)(H,43,49)(H,44,51)(H,45,48)/t29-/m0/s1. The van der Waals surface area contributed by atoms with Crippen LogP contribution in [0.15, 0.2) is 47.5 Å². The van der Waals surface area contributed by atoms with Gasteiger partial charge >= 0.3 is 6.09 Å². The quantitative estimate of drug-likeness (QED) is 0.0641. The van der Waals surface area contributed by atoms with Gasteiger partial charge in [0.25, 0.3) is 0 Å². The number of aryl methyl sites for hydroxylation is 1. The van der Waals surface area contributed by atoms with Crippen LogP contribution in [0.1, 0.15) is 84.4 Å². The van der Waals surface area contributed by atoms with E-state index in [-0.39, 0.29) is 60.5 Å². The lowest BCUT2D eigenvalue weighted by Gasteiger charge is -2.24. The van der Waals surface area contributed by atoms with E-state index >= 15 is 0 Å². The first kappa shape index (κ1) is 40.3. The second kappa shape index (κ2) is 17.3. The van der Waals surface area contributed by atoms with Crippen molar-refractivity contribution < 1.29 is 23.9 Å². The molecule has 0 spiro atoms. The third kappa shape index (κ3) is 10.8. The van der Waals surface area contributed by atoms with E-state index in [2.05, 4.69) is 27.8 Å². The molecule has 278 valence electrons. The van der Waals surface area contributed by atoms with Crippen molar-refractivity contribution in [2.45, 2.75) is 72.4 Å². The fourth-order valence-corrected chi connectivity index (χ4v) is 6.70. The number of carbonyl (C=O) groups excluding carboxylic acids is 4. The van der Waals surface area contributed by atoms with Crippen molar-refractivity contribution in [3.05, 3.63) is 80.2 Å². The molecule has 53 heavy (non-hydrogen) atoms. The highest BCUT2D eigenvalue weighted by molar-refractivity contribution is 7.17. The molecule has 13 nitrogen and oxygen atoms in total. The van der Waals surface area contributed by atoms with Crippen LogP contribution in [0, 0.1) is 36.5 Å². The summed E-state index contributed by atoms with van der Waals surface area (Å²) in [5.41, 5.74) is 8.86. The van der Waals surface area contributed by atoms with E-state index < -0.39 is 23.6 Å². The Kier molecular flexibility index (Phi) is 13.2. The first-order valence-corrected chi connectivity index (χ1v) is 18.0. The van der Waals surface area contributed by atoms with Crippen LogP contribution in [-0.4, -0.2) is 65.9 Å². The predicted molar refractivity (Wildman–Crippen MR) is 210 cm³/mol. The number of halogens is 1. The van der Waals surface area contributed by atoms with Gasteiger partial charge in [-0.3, -0.25) is 35.1 Å². The second-order valence-corrected chi connectivity index (χ2v) is 14.9. The van der Waals surface area contributed by atoms with E-state index in [1.54, 1.807) is 44.7 Å². The maximum atomic E-state index is 13.2. The number of nitrogens with one attached hydrogen (secondary N) is 5. The van der Waals surface area contributed by atoms with Crippen molar-refractivity contribution in [1.82, 2.24) is 10.6 Å². The van der Waals surface area contributed by atoms with Gasteiger partial charge < -0.3 is 26.4 Å². The van der Waals surface area contributed by atoms with E-state index in [1.165, 1.54) is 29.5 Å². The molecule has 1 aromatic heterocycles. The molecule has 7 N–H and O–H groups in total. The molecule has 0 aliphatic carbocycles. The number of nitrogens with zero attached hydrogens (tertiary/aromatic N) is 2. The van der Waals surface area contributed by atoms with Gasteiger partial charge in [0, 0.05) is 45.2 Å². The predicted octanol–water partition coefficient (Wildman–Crippen LogP) is 5.92. The van der Waals surface area contributed by atoms with Gasteiger partial charge in [-0.15, -0.1) is 11.3 Å². The largest absolute Gasteiger partial charge is 0.444 e. The molecular weight excluding hydrogens is 716 g/mol. The van der Waals surface area contributed by atoms with Crippen LogP contribution in [0.5, 0.6) is 0 Å². The highest BCUT2D eigenvalue weighted by atomic mass is 35.5. The van der Waals surface area contributed by atoms with Gasteiger partial charge in [-0.2, -0.15) is 0 Å². The first-order chi connectivity index (χ1) is 24.9. The number of amides is 4. The summed E-state index contributed by atoms with van der Waals surface area (Å²) in [5.74, 6) is 4.33. The molecule has 0 saturated carbocycles. The zero-order valence-electron chi connectivity index (χ0n) is 30.5. The third-order valence-corrected chi connectivity index (χ3v) is 9.34. The Morgan fingerprint density at radius 2 is 1.77 bits per heavy atom. The van der Waals surface area contributed by atoms with E-state index in [1.807, 2.05) is 26.0 Å². The number of nitrogens with two attached hydrogens (primary N) is 1. The molecule has 2 aromatic carbocycles. The molecule has 4 rings (SSSR count). The molecule has 1 aliphatic heterocycles. The van der Waals surface area contributed by atoms with Crippen LogP contribution in [0.25, 0.3) is 0 Å². The van der Waals surface area contributed by atoms with E-state index in [4.69, 9.17) is 37.9 Å². The SMILES string of the molecule is CC(=N)N1C(=N)[C@H](CC(=O)NCCCC(=O)Nc2ccc(C(N)=O)c(C#CCNC(=O)OC(C)(C)C)c2)N=C(c2ccc(Cl)cc2)c2c1sc(C)c2C. The summed E-state index contributed by atoms with van der Waals surface area (Å²) in [6, 6.07) is 10.9. The van der Waals surface area contributed by atoms with Gasteiger partial charge in [-0.1, -0.05) is 35.6 Å². The number of anilines is 2. The molecule has 0 radical (unpaired) electrons. The summed E-state index contributed by atoms with van der Waals surface area (Å²) in [7, 11) is 0. The maximum absolute atomic E-state index is 13.2. The summed E-state index contributed by atoms with van der Waals surface area (Å²) in [4.78, 5) is 57.3. The number of primary amides is 1. The minimum absolute atomic E-state index is 0.0178. The third-order valence-electron chi connectivity index (χ3n) is 7.89. The highest BCUT2D eigenvalue weighted by Crippen LogP contribution is 2.40. The van der Waals surface area contributed by atoms with Gasteiger partial charge in [0.05, 0.1) is 24.2 Å². The molecule has 0 unspecified atom stereocenters. The van der Waals surface area contributed by atoms with Crippen molar-refractivity contribution in [1.29, 1.82) is 10.8 Å². The Balaban J connectivity index is 1.37. The number of rotatable bonds is 10. The zero-order valence-corrected chi connectivity index (χ0v) is 32.0. The smallest absolute Gasteiger partial charge is 0.408 e. The summed E-state index contributed by atoms with van der Waals surface area (Å²) in [6.07, 6.45) is -0.367. The van der Waals surface area contributed by atoms with E-state index in [9.17, 15) is 19.2 Å². The lowest BCUT2D eigenvalue weighted by Crippen LogP contribution is -2.42. The molecule has 0 saturated heterocycles. The summed E-state index contributed by atoms with van der Waals surface area (Å²) < 4.78 is 5.17. The number of carbonyl (C=O) groups is 4. The normalized spacial score (nSPS) is 13.8. The van der Waals surface area contributed by atoms with Crippen molar-refractivity contribution in [2.24, 2.45) is 10.7 Å². The fourth-order valence-electron chi connectivity index (χ4n) is 5.35. The average Bonchev–Trinajstić information content (AvgIpc) is 3.28. The summed E-state index contributed by atoms with van der Waals surface area (Å²) in [6.45, 7) is 11.0. The van der Waals surface area contributed by atoms with Crippen LogP contribution in [0.2, 0.25) is 5.02 Å². The molecule has 1 aliphatic rings. The number of ether oxygens (including phenoxy) is 1. The number of benzene rings is 2. The minimum Gasteiger partial charge on any atom is -0.444 e. The summed E-state index contributed by atoms with van der Waals surface area (Å²) >= 11 is 7.65. The van der Waals surface area contributed by atoms with Gasteiger partial charge in [0.15, 0.2) is 0 Å². The molecule has 4 amide bonds. The number of aliphatic imine (C=N–C) groups is 1. The number of amidine groups is 2. The van der Waals surface area contributed by atoms with Gasteiger partial charge in [-0.25, -0.2) is 4.79 Å². The first-order valence-electron chi connectivity index (χ1n) is 16.8. The number of fused-ring (bicyclic) bond motifs is 1. The molecule has 3 aromatic rings. The van der Waals surface area contributed by atoms with Gasteiger partial charge in [-0.05, 0) is 83.9 Å². The Bertz CT molecular complexity index is 2040. The van der Waals surface area contributed by atoms with E-state index in [0.717, 1.165) is 21.6 Å². The maximum Gasteiger partial charge on any atom is 0.408 e. The van der Waals surface area contributed by atoms with Gasteiger partial charge in [0.1, 0.15) is 28.3 Å². The topological polar surface area (TPSA) is 203 Å². The van der Waals surface area contributed by atoms with Crippen LogP contribution < -0.4 is 26.6 Å². The molecule has 2 heterocycles. The fraction of sp³-hybridized carbons (Fsp3) is 0.342. The molecule has 15 heteroatoms. The molecule has 0 fully saturated rings. The Morgan fingerprint density at radius 1 is 1.08 bits per heavy atom. The van der Waals surface area contributed by atoms with Crippen molar-refractivity contribution in [3.63, 3.8) is 0 Å². The number of thiophene rings is 1. The van der Waals surface area contributed by atoms with E-state index in [0.29, 0.717) is 27.8 Å². The Labute approximate surface area is 317 Å².